The van der Waals surface area contributed by atoms with Crippen molar-refractivity contribution in [1.82, 2.24) is 10.1 Å². The van der Waals surface area contributed by atoms with Gasteiger partial charge in [0.1, 0.15) is 5.56 Å². The van der Waals surface area contributed by atoms with E-state index in [0.29, 0.717) is 33.7 Å². The lowest BCUT2D eigenvalue weighted by atomic mass is 10.1. The number of methoxy groups -OCH3 is 3. The van der Waals surface area contributed by atoms with Gasteiger partial charge in [-0.15, -0.1) is 0 Å². The van der Waals surface area contributed by atoms with E-state index in [-0.39, 0.29) is 12.4 Å². The van der Waals surface area contributed by atoms with Crippen molar-refractivity contribution >= 4 is 11.6 Å². The van der Waals surface area contributed by atoms with Crippen LogP contribution in [0.15, 0.2) is 10.6 Å². The Morgan fingerprint density at radius 2 is 1.90 bits per heavy atom. The molecule has 0 spiro atoms. The van der Waals surface area contributed by atoms with Gasteiger partial charge in [0.2, 0.25) is 11.7 Å². The average Bonchev–Trinajstić information content (AvgIpc) is 2.94. The molecule has 0 bridgehead atoms. The van der Waals surface area contributed by atoms with E-state index in [1.807, 2.05) is 0 Å². The molecule has 0 unspecified atom stereocenters. The van der Waals surface area contributed by atoms with Crippen molar-refractivity contribution in [2.24, 2.45) is 5.73 Å². The Morgan fingerprint density at radius 3 is 2.40 bits per heavy atom. The molecule has 0 aliphatic carbocycles. The molecule has 7 nitrogen and oxygen atoms in total. The molecule has 0 saturated heterocycles. The third kappa shape index (κ3) is 2.37. The monoisotopic (exact) mass is 299 g/mol. The summed E-state index contributed by atoms with van der Waals surface area (Å²) in [5.74, 6) is 1.77. The zero-order valence-corrected chi connectivity index (χ0v) is 12.0. The molecular weight excluding hydrogens is 286 g/mol. The van der Waals surface area contributed by atoms with E-state index in [1.165, 1.54) is 21.3 Å². The van der Waals surface area contributed by atoms with Crippen molar-refractivity contribution < 1.29 is 18.7 Å². The second kappa shape index (κ2) is 5.98. The summed E-state index contributed by atoms with van der Waals surface area (Å²) in [7, 11) is 4.49. The fraction of sp³-hybridized carbons (Fsp3) is 0.333. The van der Waals surface area contributed by atoms with Gasteiger partial charge in [-0.1, -0.05) is 16.8 Å². The third-order valence-electron chi connectivity index (χ3n) is 2.65. The summed E-state index contributed by atoms with van der Waals surface area (Å²) in [4.78, 5) is 4.16. The van der Waals surface area contributed by atoms with E-state index in [0.717, 1.165) is 0 Å². The number of aromatic nitrogens is 2. The SMILES string of the molecule is COc1cc(Cl)c(OC)c(-c2noc(CN)n2)c1OC. The number of nitrogens with two attached hydrogens (primary N) is 1. The smallest absolute Gasteiger partial charge is 0.240 e. The summed E-state index contributed by atoms with van der Waals surface area (Å²) >= 11 is 6.16. The molecule has 1 aromatic carbocycles. The highest BCUT2D eigenvalue weighted by molar-refractivity contribution is 6.33. The summed E-state index contributed by atoms with van der Waals surface area (Å²) < 4.78 is 20.9. The summed E-state index contributed by atoms with van der Waals surface area (Å²) in [5, 5.41) is 4.20. The summed E-state index contributed by atoms with van der Waals surface area (Å²) in [5.41, 5.74) is 5.91. The number of halogens is 1. The van der Waals surface area contributed by atoms with Crippen molar-refractivity contribution in [3.63, 3.8) is 0 Å². The number of rotatable bonds is 5. The maximum Gasteiger partial charge on any atom is 0.240 e. The normalized spacial score (nSPS) is 10.4. The van der Waals surface area contributed by atoms with Crippen LogP contribution in [0.5, 0.6) is 17.2 Å². The van der Waals surface area contributed by atoms with Gasteiger partial charge >= 0.3 is 0 Å². The molecule has 8 heteroatoms. The highest BCUT2D eigenvalue weighted by Gasteiger charge is 2.25. The fourth-order valence-electron chi connectivity index (χ4n) is 1.79. The van der Waals surface area contributed by atoms with Crippen LogP contribution in [-0.2, 0) is 6.54 Å². The van der Waals surface area contributed by atoms with Gasteiger partial charge in [-0.2, -0.15) is 4.98 Å². The molecule has 0 aliphatic rings. The van der Waals surface area contributed by atoms with Crippen LogP contribution in [0.3, 0.4) is 0 Å². The quantitative estimate of drug-likeness (QED) is 0.901. The van der Waals surface area contributed by atoms with E-state index in [4.69, 9.17) is 36.1 Å². The van der Waals surface area contributed by atoms with Crippen molar-refractivity contribution in [2.75, 3.05) is 21.3 Å². The molecule has 0 aliphatic heterocycles. The Kier molecular flexibility index (Phi) is 4.31. The number of nitrogens with zero attached hydrogens (tertiary/aromatic N) is 2. The minimum absolute atomic E-state index is 0.134. The Morgan fingerprint density at radius 1 is 1.20 bits per heavy atom. The zero-order chi connectivity index (χ0) is 14.7. The van der Waals surface area contributed by atoms with Gasteiger partial charge in [-0.3, -0.25) is 0 Å². The fourth-order valence-corrected chi connectivity index (χ4v) is 2.06. The highest BCUT2D eigenvalue weighted by atomic mass is 35.5. The van der Waals surface area contributed by atoms with Gasteiger partial charge in [0.05, 0.1) is 32.9 Å². The summed E-state index contributed by atoms with van der Waals surface area (Å²) in [6.45, 7) is 0.134. The van der Waals surface area contributed by atoms with Gasteiger partial charge in [0, 0.05) is 6.07 Å². The molecule has 108 valence electrons. The van der Waals surface area contributed by atoms with Crippen LogP contribution in [-0.4, -0.2) is 31.5 Å². The van der Waals surface area contributed by atoms with Crippen LogP contribution in [0.1, 0.15) is 5.89 Å². The Hall–Kier alpha value is -1.99. The maximum absolute atomic E-state index is 6.16. The van der Waals surface area contributed by atoms with E-state index in [2.05, 4.69) is 10.1 Å². The minimum Gasteiger partial charge on any atom is -0.494 e. The topological polar surface area (TPSA) is 92.6 Å². The van der Waals surface area contributed by atoms with Crippen molar-refractivity contribution in [3.05, 3.63) is 17.0 Å². The molecule has 0 amide bonds. The molecule has 0 saturated carbocycles. The van der Waals surface area contributed by atoms with Crippen molar-refractivity contribution in [1.29, 1.82) is 0 Å². The number of hydrogen-bond acceptors (Lipinski definition) is 7. The van der Waals surface area contributed by atoms with E-state index in [9.17, 15) is 0 Å². The average molecular weight is 300 g/mol. The first-order valence-corrected chi connectivity index (χ1v) is 6.05. The molecule has 0 radical (unpaired) electrons. The molecule has 0 fully saturated rings. The van der Waals surface area contributed by atoms with E-state index in [1.54, 1.807) is 6.07 Å². The van der Waals surface area contributed by atoms with Crippen LogP contribution in [0.25, 0.3) is 11.4 Å². The molecular formula is C12H14ClN3O4. The van der Waals surface area contributed by atoms with Crippen LogP contribution in [0, 0.1) is 0 Å². The van der Waals surface area contributed by atoms with E-state index < -0.39 is 0 Å². The van der Waals surface area contributed by atoms with Gasteiger partial charge in [-0.25, -0.2) is 0 Å². The molecule has 1 aromatic heterocycles. The van der Waals surface area contributed by atoms with E-state index >= 15 is 0 Å². The first kappa shape index (κ1) is 14.4. The van der Waals surface area contributed by atoms with Crippen LogP contribution < -0.4 is 19.9 Å². The first-order chi connectivity index (χ1) is 9.65. The lowest BCUT2D eigenvalue weighted by Crippen LogP contribution is -1.99. The minimum atomic E-state index is 0.134. The maximum atomic E-state index is 6.16. The summed E-state index contributed by atoms with van der Waals surface area (Å²) in [6, 6.07) is 1.59. The van der Waals surface area contributed by atoms with Crippen molar-refractivity contribution in [2.45, 2.75) is 6.54 Å². The molecule has 20 heavy (non-hydrogen) atoms. The largest absolute Gasteiger partial charge is 0.494 e. The Labute approximate surface area is 120 Å². The molecule has 0 atom stereocenters. The second-order valence-electron chi connectivity index (χ2n) is 3.72. The standard InChI is InChI=1S/C12H14ClN3O4/c1-17-7-4-6(13)10(18-2)9(11(7)19-3)12-15-8(5-14)20-16-12/h4H,5,14H2,1-3H3. The lowest BCUT2D eigenvalue weighted by Gasteiger charge is -2.15. The van der Waals surface area contributed by atoms with Crippen molar-refractivity contribution in [3.8, 4) is 28.6 Å². The molecule has 1 heterocycles. The van der Waals surface area contributed by atoms with Gasteiger partial charge < -0.3 is 24.5 Å². The second-order valence-corrected chi connectivity index (χ2v) is 4.13. The third-order valence-corrected chi connectivity index (χ3v) is 2.93. The number of benzene rings is 1. The zero-order valence-electron chi connectivity index (χ0n) is 11.3. The van der Waals surface area contributed by atoms with Crippen LogP contribution in [0.4, 0.5) is 0 Å². The highest BCUT2D eigenvalue weighted by Crippen LogP contribution is 2.47. The lowest BCUT2D eigenvalue weighted by molar-refractivity contribution is 0.349. The van der Waals surface area contributed by atoms with Crippen LogP contribution >= 0.6 is 11.6 Å². The molecule has 2 aromatic rings. The Bertz CT molecular complexity index is 615. The summed E-state index contributed by atoms with van der Waals surface area (Å²) in [6.07, 6.45) is 0. The number of ether oxygens (including phenoxy) is 3. The molecule has 2 rings (SSSR count). The first-order valence-electron chi connectivity index (χ1n) is 5.67. The molecule has 2 N–H and O–H groups in total. The number of hydrogen-bond donors (Lipinski definition) is 1. The van der Waals surface area contributed by atoms with Gasteiger partial charge in [0.25, 0.3) is 0 Å². The van der Waals surface area contributed by atoms with Gasteiger partial charge in [0.15, 0.2) is 17.2 Å². The Balaban J connectivity index is 2.72. The predicted molar refractivity (Wildman–Crippen MR) is 72.3 cm³/mol. The van der Waals surface area contributed by atoms with Gasteiger partial charge in [-0.05, 0) is 0 Å². The predicted octanol–water partition coefficient (Wildman–Crippen LogP) is 1.87. The van der Waals surface area contributed by atoms with Crippen LogP contribution in [0.2, 0.25) is 5.02 Å².